The third-order valence-electron chi connectivity index (χ3n) is 14.3. The zero-order chi connectivity index (χ0) is 67.6. The SMILES string of the molecule is CC(Oc1cc(-c2ccc3nc(C(=O)N(C)C)cn3c2)cnc1N)c1c(Cl)ccc(F)c1Cl.CC(Oc1cc(-c2cnc3[nH]c(=O)oc3c2)cnc1N)c1c(Cl)ccc(F)c1Cl.COC(=O)c1n[nH]c2cc(-c3cnc(N)c(OC(C)c4c(Cl)ccc(F)c4Cl)c3)ccc12. The average Bonchev–Trinajstić information content (AvgIpc) is 1.44. The fourth-order valence-electron chi connectivity index (χ4n) is 9.56. The minimum atomic E-state index is -0.701. The molecule has 3 atom stereocenters. The number of rotatable bonds is 14. The molecule has 12 rings (SSSR count). The van der Waals surface area contributed by atoms with Crippen molar-refractivity contribution in [2.45, 2.75) is 39.1 Å². The lowest BCUT2D eigenvalue weighted by molar-refractivity contribution is 0.0595. The second-order valence-electron chi connectivity index (χ2n) is 20.8. The largest absolute Gasteiger partial charge is 0.482 e. The fourth-order valence-corrected chi connectivity index (χ4v) is 11.6. The molecule has 0 radical (unpaired) electrons. The molecule has 0 aliphatic heterocycles. The van der Waals surface area contributed by atoms with Crippen LogP contribution in [0.1, 0.15) is 76.8 Å². The van der Waals surface area contributed by atoms with E-state index >= 15 is 0 Å². The molecule has 0 aliphatic carbocycles. The monoisotopic (exact) mass is 1400 g/mol. The van der Waals surface area contributed by atoms with E-state index in [9.17, 15) is 27.6 Å². The van der Waals surface area contributed by atoms with E-state index in [1.807, 2.05) is 24.4 Å². The molecular formula is C64H50Cl6F3N13O8. The summed E-state index contributed by atoms with van der Waals surface area (Å²) in [5.74, 6) is -1.82. The van der Waals surface area contributed by atoms with Gasteiger partial charge in [0.25, 0.3) is 5.91 Å². The van der Waals surface area contributed by atoms with Gasteiger partial charge < -0.3 is 49.9 Å². The van der Waals surface area contributed by atoms with Crippen molar-refractivity contribution in [3.05, 3.63) is 214 Å². The highest BCUT2D eigenvalue weighted by Gasteiger charge is 2.25. The molecule has 4 aromatic carbocycles. The highest BCUT2D eigenvalue weighted by atomic mass is 35.5. The Morgan fingerprint density at radius 1 is 0.585 bits per heavy atom. The Hall–Kier alpha value is -9.82. The van der Waals surface area contributed by atoms with Gasteiger partial charge in [-0.2, -0.15) is 5.10 Å². The summed E-state index contributed by atoms with van der Waals surface area (Å²) in [5.41, 5.74) is 25.6. The van der Waals surface area contributed by atoms with Crippen LogP contribution in [0.4, 0.5) is 30.6 Å². The smallest absolute Gasteiger partial charge is 0.418 e. The maximum atomic E-state index is 13.9. The maximum Gasteiger partial charge on any atom is 0.418 e. The number of amides is 1. The topological polar surface area (TPSA) is 296 Å². The number of methoxy groups -OCH3 is 1. The highest BCUT2D eigenvalue weighted by Crippen LogP contribution is 2.41. The molecule has 0 fully saturated rings. The number of anilines is 3. The van der Waals surface area contributed by atoms with Crippen LogP contribution in [-0.2, 0) is 4.74 Å². The van der Waals surface area contributed by atoms with Crippen LogP contribution in [-0.4, -0.2) is 82.5 Å². The van der Waals surface area contributed by atoms with E-state index in [2.05, 4.69) is 40.1 Å². The summed E-state index contributed by atoms with van der Waals surface area (Å²) in [4.78, 5) is 60.3. The number of nitrogen functional groups attached to an aromatic ring is 3. The summed E-state index contributed by atoms with van der Waals surface area (Å²) in [6, 6.07) is 23.6. The first-order valence-electron chi connectivity index (χ1n) is 27.7. The summed E-state index contributed by atoms with van der Waals surface area (Å²) in [6.45, 7) is 5.05. The minimum absolute atomic E-state index is 0.105. The van der Waals surface area contributed by atoms with E-state index in [0.29, 0.717) is 72.6 Å². The Morgan fingerprint density at radius 2 is 1.03 bits per heavy atom. The van der Waals surface area contributed by atoms with E-state index < -0.39 is 47.5 Å². The number of pyridine rings is 5. The molecule has 0 spiro atoms. The number of aromatic nitrogens is 9. The standard InChI is InChI=1S/C23H20Cl2FN5O2.C22H17Cl2FN4O3.C19H13Cl2FN4O3/c1-12(20-15(24)5-6-16(26)21(20)25)33-18-8-14(9-28-22(18)27)13-4-7-19-29-17(11-31(19)10-13)23(32)30(2)3;1-10(18-14(23)5-6-15(25)19(18)24)32-17-8-12(9-27-21(17)26)11-3-4-13-16(7-11)28-29-20(13)22(30)31-2;1-8(15-11(20)2-3-12(22)16(15)21)28-13-4-9(6-24-17(13)23)10-5-14-18(25-7-10)26-19(27)29-14/h4-12H,1-3H3,(H2,27,28);3-10H,1-2H3,(H2,26,27)(H,28,29);2-8H,1H3,(H2,23,24)(H,25,26,27). The number of nitrogens with two attached hydrogens (primary N) is 3. The normalized spacial score (nSPS) is 12.1. The van der Waals surface area contributed by atoms with Crippen LogP contribution < -0.4 is 37.2 Å². The first-order valence-corrected chi connectivity index (χ1v) is 30.0. The van der Waals surface area contributed by atoms with Crippen molar-refractivity contribution in [2.75, 3.05) is 38.4 Å². The summed E-state index contributed by atoms with van der Waals surface area (Å²) in [6.07, 6.45) is 7.70. The molecule has 8 N–H and O–H groups in total. The van der Waals surface area contributed by atoms with Crippen molar-refractivity contribution >= 4 is 127 Å². The van der Waals surface area contributed by atoms with Crippen LogP contribution in [0.5, 0.6) is 17.2 Å². The lowest BCUT2D eigenvalue weighted by atomic mass is 10.0. The number of hydrogen-bond acceptors (Lipinski definition) is 17. The Morgan fingerprint density at radius 3 is 1.51 bits per heavy atom. The number of carbonyl (C=O) groups excluding carboxylic acids is 2. The number of nitrogens with zero attached hydrogens (tertiary/aromatic N) is 8. The predicted octanol–water partition coefficient (Wildman–Crippen LogP) is 15.6. The van der Waals surface area contributed by atoms with Gasteiger partial charge in [0.1, 0.15) is 47.1 Å². The van der Waals surface area contributed by atoms with Gasteiger partial charge >= 0.3 is 11.7 Å². The van der Waals surface area contributed by atoms with Gasteiger partial charge in [0.15, 0.2) is 51.6 Å². The number of imidazole rings is 1. The quantitative estimate of drug-likeness (QED) is 0.0499. The molecule has 0 bridgehead atoms. The van der Waals surface area contributed by atoms with E-state index in [0.717, 1.165) is 16.7 Å². The number of benzene rings is 4. The third kappa shape index (κ3) is 14.4. The van der Waals surface area contributed by atoms with E-state index in [4.69, 9.17) is 110 Å². The van der Waals surface area contributed by atoms with Crippen LogP contribution >= 0.6 is 69.6 Å². The number of nitrogens with one attached hydrogen (secondary N) is 2. The van der Waals surface area contributed by atoms with Crippen LogP contribution in [0.3, 0.4) is 0 Å². The van der Waals surface area contributed by atoms with Crippen LogP contribution in [0.2, 0.25) is 30.1 Å². The maximum absolute atomic E-state index is 13.9. The summed E-state index contributed by atoms with van der Waals surface area (Å²) in [7, 11) is 4.64. The molecule has 8 aromatic heterocycles. The van der Waals surface area contributed by atoms with Gasteiger partial charge in [-0.05, 0) is 111 Å². The molecule has 482 valence electrons. The highest BCUT2D eigenvalue weighted by molar-refractivity contribution is 6.37. The van der Waals surface area contributed by atoms with Crippen molar-refractivity contribution in [3.63, 3.8) is 0 Å². The molecule has 0 saturated heterocycles. The third-order valence-corrected chi connectivity index (χ3v) is 16.4. The van der Waals surface area contributed by atoms with Crippen molar-refractivity contribution in [1.29, 1.82) is 0 Å². The number of halogens is 9. The number of fused-ring (bicyclic) bond motifs is 3. The molecule has 12 aromatic rings. The van der Waals surface area contributed by atoms with Crippen molar-refractivity contribution in [1.82, 2.24) is 49.4 Å². The number of esters is 1. The second kappa shape index (κ2) is 28.2. The Kier molecular flexibility index (Phi) is 20.1. The molecule has 1 amide bonds. The zero-order valence-corrected chi connectivity index (χ0v) is 54.4. The number of aromatic amines is 2. The Balaban J connectivity index is 0.000000154. The van der Waals surface area contributed by atoms with E-state index in [1.54, 1.807) is 100 Å². The van der Waals surface area contributed by atoms with Gasteiger partial charge in [0.05, 0.1) is 27.7 Å². The van der Waals surface area contributed by atoms with Crippen molar-refractivity contribution < 1.29 is 46.1 Å². The lowest BCUT2D eigenvalue weighted by Crippen LogP contribution is -2.21. The van der Waals surface area contributed by atoms with Gasteiger partial charge in [0, 0.05) is 116 Å². The van der Waals surface area contributed by atoms with Gasteiger partial charge in [-0.25, -0.2) is 47.7 Å². The molecule has 8 heterocycles. The predicted molar refractivity (Wildman–Crippen MR) is 355 cm³/mol. The Labute approximate surface area is 561 Å². The number of ether oxygens (including phenoxy) is 4. The average molecular weight is 1400 g/mol. The minimum Gasteiger partial charge on any atom is -0.482 e. The van der Waals surface area contributed by atoms with E-state index in [1.165, 1.54) is 54.6 Å². The molecule has 30 heteroatoms. The number of H-pyrrole nitrogens is 2. The van der Waals surface area contributed by atoms with Crippen molar-refractivity contribution in [2.24, 2.45) is 0 Å². The molecule has 0 aliphatic rings. The van der Waals surface area contributed by atoms with Gasteiger partial charge in [-0.3, -0.25) is 14.9 Å². The summed E-state index contributed by atoms with van der Waals surface area (Å²) >= 11 is 36.8. The second-order valence-corrected chi connectivity index (χ2v) is 23.1. The molecular weight excluding hydrogens is 1350 g/mol. The number of carbonyl (C=O) groups is 2. The zero-order valence-electron chi connectivity index (χ0n) is 49.8. The Bertz CT molecular complexity index is 4980. The van der Waals surface area contributed by atoms with Gasteiger partial charge in [-0.15, -0.1) is 0 Å². The van der Waals surface area contributed by atoms with Gasteiger partial charge in [-0.1, -0.05) is 75.7 Å². The summed E-state index contributed by atoms with van der Waals surface area (Å²) < 4.78 is 71.0. The summed E-state index contributed by atoms with van der Waals surface area (Å²) in [5, 5.41) is 7.95. The molecule has 0 saturated carbocycles. The molecule has 21 nitrogen and oxygen atoms in total. The van der Waals surface area contributed by atoms with Crippen molar-refractivity contribution in [3.8, 4) is 50.6 Å². The van der Waals surface area contributed by atoms with Crippen LogP contribution in [0, 0.1) is 17.5 Å². The van der Waals surface area contributed by atoms with Crippen LogP contribution in [0.15, 0.2) is 137 Å². The van der Waals surface area contributed by atoms with E-state index in [-0.39, 0.29) is 70.7 Å². The molecule has 3 unspecified atom stereocenters. The molecule has 94 heavy (non-hydrogen) atoms. The number of oxazole rings is 1. The van der Waals surface area contributed by atoms with Gasteiger partial charge in [0.2, 0.25) is 0 Å². The number of hydrogen-bond donors (Lipinski definition) is 5. The fraction of sp³-hybridized carbons (Fsp3) is 0.141. The first kappa shape index (κ1) is 67.1. The van der Waals surface area contributed by atoms with Crippen LogP contribution in [0.25, 0.3) is 61.2 Å². The first-order chi connectivity index (χ1) is 44.8. The lowest BCUT2D eigenvalue weighted by Gasteiger charge is -2.19.